The molecule has 2 aromatic rings. The van der Waals surface area contributed by atoms with Crippen molar-refractivity contribution in [2.45, 2.75) is 43.9 Å². The van der Waals surface area contributed by atoms with Crippen LogP contribution in [0.1, 0.15) is 64.2 Å². The van der Waals surface area contributed by atoms with Crippen LogP contribution in [0.15, 0.2) is 30.3 Å². The maximum absolute atomic E-state index is 12.8. The van der Waals surface area contributed by atoms with Crippen molar-refractivity contribution in [2.75, 3.05) is 14.2 Å². The van der Waals surface area contributed by atoms with Crippen LogP contribution in [0.5, 0.6) is 5.75 Å². The van der Waals surface area contributed by atoms with E-state index in [0.29, 0.717) is 4.88 Å². The summed E-state index contributed by atoms with van der Waals surface area (Å²) in [5, 5.41) is 0. The van der Waals surface area contributed by atoms with E-state index in [-0.39, 0.29) is 11.4 Å². The minimum absolute atomic E-state index is 0.0484. The average Bonchev–Trinajstić information content (AvgIpc) is 3.11. The van der Waals surface area contributed by atoms with Crippen LogP contribution in [-0.4, -0.2) is 20.2 Å². The van der Waals surface area contributed by atoms with Gasteiger partial charge in [0.05, 0.1) is 14.2 Å². The first-order valence-corrected chi connectivity index (χ1v) is 11.3. The summed E-state index contributed by atoms with van der Waals surface area (Å²) in [5.41, 5.74) is 2.10. The van der Waals surface area contributed by atoms with E-state index >= 15 is 0 Å². The molecule has 4 fully saturated rings. The van der Waals surface area contributed by atoms with E-state index in [1.807, 2.05) is 30.3 Å². The molecule has 4 bridgehead atoms. The van der Waals surface area contributed by atoms with Crippen LogP contribution in [0.25, 0.3) is 0 Å². The fraction of sp³-hybridized carbons (Fsp3) is 0.480. The smallest absolute Gasteiger partial charge is 0.348 e. The van der Waals surface area contributed by atoms with Crippen LogP contribution >= 0.6 is 11.3 Å². The van der Waals surface area contributed by atoms with E-state index in [1.54, 1.807) is 7.11 Å². The summed E-state index contributed by atoms with van der Waals surface area (Å²) in [6.07, 6.45) is 7.59. The standard InChI is InChI=1S/C25H26O3S/c1-27-22-20(9-8-16-6-4-3-5-7-16)29-23(24(26)28-2)21(22)25-13-17-10-18(14-25)12-19(11-17)15-25/h3-7,17-19H,10-15H2,1-2H3. The zero-order chi connectivity index (χ0) is 20.0. The SMILES string of the molecule is COC(=O)c1sc(C#Cc2ccccc2)c(OC)c1C12CC3CC(CC(C3)C1)C2. The lowest BCUT2D eigenvalue weighted by atomic mass is 9.48. The van der Waals surface area contributed by atoms with Crippen LogP contribution in [0, 0.1) is 29.6 Å². The molecule has 29 heavy (non-hydrogen) atoms. The Morgan fingerprint density at radius 2 is 1.62 bits per heavy atom. The van der Waals surface area contributed by atoms with Crippen LogP contribution < -0.4 is 4.74 Å². The third-order valence-electron chi connectivity index (χ3n) is 7.10. The second-order valence-electron chi connectivity index (χ2n) is 8.97. The molecule has 0 spiro atoms. The van der Waals surface area contributed by atoms with Crippen LogP contribution in [0.2, 0.25) is 0 Å². The highest BCUT2D eigenvalue weighted by Crippen LogP contribution is 2.63. The maximum atomic E-state index is 12.8. The molecule has 4 aliphatic rings. The molecule has 0 atom stereocenters. The van der Waals surface area contributed by atoms with E-state index in [4.69, 9.17) is 9.47 Å². The molecule has 0 amide bonds. The second kappa shape index (κ2) is 7.22. The van der Waals surface area contributed by atoms with Crippen LogP contribution in [0.3, 0.4) is 0 Å². The number of methoxy groups -OCH3 is 2. The molecule has 0 aliphatic heterocycles. The van der Waals surface area contributed by atoms with Gasteiger partial charge in [-0.15, -0.1) is 11.3 Å². The molecule has 4 heteroatoms. The Morgan fingerprint density at radius 1 is 1.00 bits per heavy atom. The summed E-state index contributed by atoms with van der Waals surface area (Å²) in [6.45, 7) is 0. The first-order chi connectivity index (χ1) is 14.1. The van der Waals surface area contributed by atoms with Gasteiger partial charge in [0.1, 0.15) is 15.5 Å². The number of esters is 1. The molecule has 1 aromatic heterocycles. The van der Waals surface area contributed by atoms with Crippen molar-refractivity contribution in [2.24, 2.45) is 17.8 Å². The summed E-state index contributed by atoms with van der Waals surface area (Å²) in [7, 11) is 3.17. The number of carbonyl (C=O) groups excluding carboxylic acids is 1. The maximum Gasteiger partial charge on any atom is 0.348 e. The first kappa shape index (κ1) is 18.8. The Balaban J connectivity index is 1.64. The van der Waals surface area contributed by atoms with E-state index < -0.39 is 0 Å². The molecule has 0 radical (unpaired) electrons. The van der Waals surface area contributed by atoms with E-state index in [1.165, 1.54) is 57.0 Å². The molecular weight excluding hydrogens is 380 g/mol. The predicted octanol–water partition coefficient (Wildman–Crippen LogP) is 5.41. The van der Waals surface area contributed by atoms with Gasteiger partial charge in [-0.05, 0) is 74.3 Å². The van der Waals surface area contributed by atoms with Gasteiger partial charge in [0.15, 0.2) is 0 Å². The third-order valence-corrected chi connectivity index (χ3v) is 8.17. The van der Waals surface area contributed by atoms with E-state index in [9.17, 15) is 4.79 Å². The van der Waals surface area contributed by atoms with Crippen LogP contribution in [0.4, 0.5) is 0 Å². The zero-order valence-electron chi connectivity index (χ0n) is 17.0. The number of thiophene rings is 1. The van der Waals surface area contributed by atoms with Gasteiger partial charge in [-0.25, -0.2) is 4.79 Å². The molecule has 0 saturated heterocycles. The van der Waals surface area contributed by atoms with Crippen molar-refractivity contribution >= 4 is 17.3 Å². The Labute approximate surface area is 176 Å². The van der Waals surface area contributed by atoms with Crippen molar-refractivity contribution < 1.29 is 14.3 Å². The number of hydrogen-bond acceptors (Lipinski definition) is 4. The van der Waals surface area contributed by atoms with Crippen molar-refractivity contribution in [1.29, 1.82) is 0 Å². The Morgan fingerprint density at radius 3 is 2.17 bits per heavy atom. The summed E-state index contributed by atoms with van der Waals surface area (Å²) < 4.78 is 11.1. The normalized spacial score (nSPS) is 29.2. The average molecular weight is 407 g/mol. The second-order valence-corrected chi connectivity index (χ2v) is 9.99. The molecule has 0 unspecified atom stereocenters. The molecule has 3 nitrogen and oxygen atoms in total. The lowest BCUT2D eigenvalue weighted by Crippen LogP contribution is -2.49. The number of hydrogen-bond donors (Lipinski definition) is 0. The zero-order valence-corrected chi connectivity index (χ0v) is 17.8. The quantitative estimate of drug-likeness (QED) is 0.505. The van der Waals surface area contributed by atoms with Crippen molar-refractivity contribution in [3.05, 3.63) is 51.2 Å². The first-order valence-electron chi connectivity index (χ1n) is 10.5. The highest BCUT2D eigenvalue weighted by Gasteiger charge is 2.54. The van der Waals surface area contributed by atoms with Gasteiger partial charge in [-0.2, -0.15) is 0 Å². The molecule has 150 valence electrons. The molecule has 1 heterocycles. The molecular formula is C25H26O3S. The van der Waals surface area contributed by atoms with E-state index in [0.717, 1.165) is 39.5 Å². The summed E-state index contributed by atoms with van der Waals surface area (Å²) >= 11 is 1.44. The highest BCUT2D eigenvalue weighted by molar-refractivity contribution is 7.15. The highest BCUT2D eigenvalue weighted by atomic mass is 32.1. The summed E-state index contributed by atoms with van der Waals surface area (Å²) in [4.78, 5) is 14.3. The number of benzene rings is 1. The number of ether oxygens (including phenoxy) is 2. The van der Waals surface area contributed by atoms with Crippen molar-refractivity contribution in [3.63, 3.8) is 0 Å². The van der Waals surface area contributed by atoms with Crippen LogP contribution in [-0.2, 0) is 10.2 Å². The summed E-state index contributed by atoms with van der Waals surface area (Å²) in [6, 6.07) is 9.94. The molecule has 4 aliphatic carbocycles. The number of carbonyl (C=O) groups is 1. The topological polar surface area (TPSA) is 35.5 Å². The fourth-order valence-corrected chi connectivity index (χ4v) is 7.64. The molecule has 1 aromatic carbocycles. The van der Waals surface area contributed by atoms with Gasteiger partial charge in [0.25, 0.3) is 0 Å². The third kappa shape index (κ3) is 3.16. The van der Waals surface area contributed by atoms with Gasteiger partial charge >= 0.3 is 5.97 Å². The van der Waals surface area contributed by atoms with Crippen molar-refractivity contribution in [1.82, 2.24) is 0 Å². The number of rotatable bonds is 3. The Hall–Kier alpha value is -2.25. The van der Waals surface area contributed by atoms with E-state index in [2.05, 4.69) is 11.8 Å². The van der Waals surface area contributed by atoms with Gasteiger partial charge in [-0.3, -0.25) is 0 Å². The van der Waals surface area contributed by atoms with Gasteiger partial charge in [-0.1, -0.05) is 24.1 Å². The predicted molar refractivity (Wildman–Crippen MR) is 114 cm³/mol. The monoisotopic (exact) mass is 406 g/mol. The van der Waals surface area contributed by atoms with Crippen molar-refractivity contribution in [3.8, 4) is 17.6 Å². The fourth-order valence-electron chi connectivity index (χ4n) is 6.48. The lowest BCUT2D eigenvalue weighted by Gasteiger charge is -2.57. The van der Waals surface area contributed by atoms with Gasteiger partial charge in [0, 0.05) is 16.5 Å². The van der Waals surface area contributed by atoms with Gasteiger partial charge in [0.2, 0.25) is 0 Å². The molecule has 4 saturated carbocycles. The minimum Gasteiger partial charge on any atom is -0.494 e. The Kier molecular flexibility index (Phi) is 4.67. The largest absolute Gasteiger partial charge is 0.494 e. The minimum atomic E-state index is -0.258. The molecule has 6 rings (SSSR count). The lowest BCUT2D eigenvalue weighted by molar-refractivity contribution is -0.00662. The summed E-state index contributed by atoms with van der Waals surface area (Å²) in [5.74, 6) is 9.43. The Bertz CT molecular complexity index is 957. The van der Waals surface area contributed by atoms with Gasteiger partial charge < -0.3 is 9.47 Å². The molecule has 0 N–H and O–H groups in total.